The first kappa shape index (κ1) is 13.8. The highest BCUT2D eigenvalue weighted by Gasteiger charge is 2.22. The van der Waals surface area contributed by atoms with Crippen molar-refractivity contribution in [3.8, 4) is 5.69 Å². The Balaban J connectivity index is 2.29. The number of aromatic nitrogens is 2. The van der Waals surface area contributed by atoms with Gasteiger partial charge in [-0.1, -0.05) is 44.2 Å². The van der Waals surface area contributed by atoms with E-state index in [0.29, 0.717) is 12.5 Å². The standard InChI is InChI=1S/C18H21N3/c1-13(2)15(12-19)18-20-16-10-6-7-11-17(16)21(18)14-8-4-3-5-9-14/h3-11,13,15H,12,19H2,1-2H3. The van der Waals surface area contributed by atoms with E-state index in [1.807, 2.05) is 12.1 Å². The highest BCUT2D eigenvalue weighted by atomic mass is 15.1. The molecule has 0 bridgehead atoms. The van der Waals surface area contributed by atoms with Crippen molar-refractivity contribution < 1.29 is 0 Å². The van der Waals surface area contributed by atoms with Crippen LogP contribution in [-0.4, -0.2) is 16.1 Å². The second kappa shape index (κ2) is 5.70. The summed E-state index contributed by atoms with van der Waals surface area (Å²) in [5.41, 5.74) is 9.32. The predicted octanol–water partition coefficient (Wildman–Crippen LogP) is 3.72. The minimum atomic E-state index is 0.248. The molecule has 0 saturated heterocycles. The van der Waals surface area contributed by atoms with Crippen LogP contribution < -0.4 is 5.73 Å². The number of nitrogens with zero attached hydrogens (tertiary/aromatic N) is 2. The summed E-state index contributed by atoms with van der Waals surface area (Å²) in [4.78, 5) is 4.86. The number of benzene rings is 2. The van der Waals surface area contributed by atoms with Gasteiger partial charge in [-0.15, -0.1) is 0 Å². The normalized spacial score (nSPS) is 13.0. The molecular formula is C18H21N3. The summed E-state index contributed by atoms with van der Waals surface area (Å²) >= 11 is 0. The lowest BCUT2D eigenvalue weighted by molar-refractivity contribution is 0.480. The topological polar surface area (TPSA) is 43.8 Å². The molecule has 0 aliphatic carbocycles. The van der Waals surface area contributed by atoms with Crippen molar-refractivity contribution in [2.24, 2.45) is 11.7 Å². The molecule has 1 unspecified atom stereocenters. The van der Waals surface area contributed by atoms with Gasteiger partial charge in [0, 0.05) is 18.2 Å². The number of fused-ring (bicyclic) bond motifs is 1. The number of imidazole rings is 1. The molecule has 0 saturated carbocycles. The van der Waals surface area contributed by atoms with Gasteiger partial charge in [0.1, 0.15) is 5.82 Å². The Morgan fingerprint density at radius 2 is 1.67 bits per heavy atom. The van der Waals surface area contributed by atoms with Crippen LogP contribution in [0.4, 0.5) is 0 Å². The lowest BCUT2D eigenvalue weighted by atomic mass is 9.95. The van der Waals surface area contributed by atoms with Gasteiger partial charge in [0.25, 0.3) is 0 Å². The summed E-state index contributed by atoms with van der Waals surface area (Å²) in [6, 6.07) is 18.6. The minimum Gasteiger partial charge on any atom is -0.330 e. The maximum absolute atomic E-state index is 6.02. The molecule has 0 amide bonds. The van der Waals surface area contributed by atoms with Crippen LogP contribution in [0.2, 0.25) is 0 Å². The van der Waals surface area contributed by atoms with Crippen LogP contribution in [0.15, 0.2) is 54.6 Å². The van der Waals surface area contributed by atoms with Gasteiger partial charge in [-0.2, -0.15) is 0 Å². The first-order valence-electron chi connectivity index (χ1n) is 7.45. The largest absolute Gasteiger partial charge is 0.330 e. The van der Waals surface area contributed by atoms with E-state index in [4.69, 9.17) is 10.7 Å². The Morgan fingerprint density at radius 3 is 2.33 bits per heavy atom. The lowest BCUT2D eigenvalue weighted by Crippen LogP contribution is -2.21. The number of hydrogen-bond acceptors (Lipinski definition) is 2. The fraction of sp³-hybridized carbons (Fsp3) is 0.278. The van der Waals surface area contributed by atoms with Gasteiger partial charge in [0.2, 0.25) is 0 Å². The average Bonchev–Trinajstić information content (AvgIpc) is 2.87. The number of para-hydroxylation sites is 3. The zero-order chi connectivity index (χ0) is 14.8. The predicted molar refractivity (Wildman–Crippen MR) is 87.7 cm³/mol. The van der Waals surface area contributed by atoms with Crippen LogP contribution in [0.1, 0.15) is 25.6 Å². The zero-order valence-corrected chi connectivity index (χ0v) is 12.5. The molecular weight excluding hydrogens is 258 g/mol. The second-order valence-electron chi connectivity index (χ2n) is 5.72. The molecule has 1 aromatic heterocycles. The van der Waals surface area contributed by atoms with Crippen molar-refractivity contribution in [3.05, 3.63) is 60.4 Å². The first-order valence-corrected chi connectivity index (χ1v) is 7.45. The van der Waals surface area contributed by atoms with Crippen molar-refractivity contribution in [2.75, 3.05) is 6.54 Å². The van der Waals surface area contributed by atoms with Crippen LogP contribution in [0.25, 0.3) is 16.7 Å². The molecule has 21 heavy (non-hydrogen) atoms. The van der Waals surface area contributed by atoms with Gasteiger partial charge in [-0.05, 0) is 30.2 Å². The summed E-state index contributed by atoms with van der Waals surface area (Å²) < 4.78 is 2.24. The average molecular weight is 279 g/mol. The maximum atomic E-state index is 6.02. The number of rotatable bonds is 4. The second-order valence-corrected chi connectivity index (χ2v) is 5.72. The van der Waals surface area contributed by atoms with Crippen LogP contribution in [0.3, 0.4) is 0 Å². The van der Waals surface area contributed by atoms with E-state index in [-0.39, 0.29) is 5.92 Å². The van der Waals surface area contributed by atoms with Gasteiger partial charge < -0.3 is 5.73 Å². The minimum absolute atomic E-state index is 0.248. The summed E-state index contributed by atoms with van der Waals surface area (Å²) in [6.45, 7) is 5.01. The molecule has 108 valence electrons. The Kier molecular flexibility index (Phi) is 3.76. The molecule has 3 heteroatoms. The molecule has 2 aromatic carbocycles. The summed E-state index contributed by atoms with van der Waals surface area (Å²) in [5, 5.41) is 0. The van der Waals surface area contributed by atoms with Crippen molar-refractivity contribution in [1.82, 2.24) is 9.55 Å². The SMILES string of the molecule is CC(C)C(CN)c1nc2ccccc2n1-c1ccccc1. The fourth-order valence-corrected chi connectivity index (χ4v) is 2.82. The van der Waals surface area contributed by atoms with E-state index >= 15 is 0 Å². The highest BCUT2D eigenvalue weighted by molar-refractivity contribution is 5.78. The van der Waals surface area contributed by atoms with Crippen LogP contribution in [0, 0.1) is 5.92 Å². The fourth-order valence-electron chi connectivity index (χ4n) is 2.82. The van der Waals surface area contributed by atoms with Gasteiger partial charge in [-0.25, -0.2) is 4.98 Å². The third-order valence-electron chi connectivity index (χ3n) is 3.99. The van der Waals surface area contributed by atoms with E-state index in [9.17, 15) is 0 Å². The van der Waals surface area contributed by atoms with E-state index < -0.39 is 0 Å². The number of nitrogens with two attached hydrogens (primary N) is 1. The monoisotopic (exact) mass is 279 g/mol. The molecule has 1 heterocycles. The van der Waals surface area contributed by atoms with E-state index in [2.05, 4.69) is 60.9 Å². The molecule has 0 fully saturated rings. The quantitative estimate of drug-likeness (QED) is 0.791. The van der Waals surface area contributed by atoms with Gasteiger partial charge in [0.05, 0.1) is 11.0 Å². The molecule has 3 rings (SSSR count). The molecule has 0 aliphatic rings. The van der Waals surface area contributed by atoms with Crippen LogP contribution in [-0.2, 0) is 0 Å². The van der Waals surface area contributed by atoms with Gasteiger partial charge in [-0.3, -0.25) is 4.57 Å². The van der Waals surface area contributed by atoms with Crippen molar-refractivity contribution in [3.63, 3.8) is 0 Å². The Labute approximate surface area is 125 Å². The van der Waals surface area contributed by atoms with Gasteiger partial charge >= 0.3 is 0 Å². The maximum Gasteiger partial charge on any atom is 0.119 e. The smallest absolute Gasteiger partial charge is 0.119 e. The van der Waals surface area contributed by atoms with Gasteiger partial charge in [0.15, 0.2) is 0 Å². The molecule has 3 aromatic rings. The molecule has 0 aliphatic heterocycles. The van der Waals surface area contributed by atoms with Crippen molar-refractivity contribution in [1.29, 1.82) is 0 Å². The molecule has 0 spiro atoms. The van der Waals surface area contributed by atoms with E-state index in [1.54, 1.807) is 0 Å². The molecule has 0 radical (unpaired) electrons. The molecule has 3 nitrogen and oxygen atoms in total. The Morgan fingerprint density at radius 1 is 1.00 bits per heavy atom. The highest BCUT2D eigenvalue weighted by Crippen LogP contribution is 2.29. The first-order chi connectivity index (χ1) is 10.2. The Hall–Kier alpha value is -2.13. The van der Waals surface area contributed by atoms with E-state index in [1.165, 1.54) is 0 Å². The molecule has 2 N–H and O–H groups in total. The molecule has 1 atom stereocenters. The summed E-state index contributed by atoms with van der Waals surface area (Å²) in [7, 11) is 0. The number of hydrogen-bond donors (Lipinski definition) is 1. The Bertz CT molecular complexity index is 729. The zero-order valence-electron chi connectivity index (χ0n) is 12.5. The van der Waals surface area contributed by atoms with Crippen LogP contribution in [0.5, 0.6) is 0 Å². The van der Waals surface area contributed by atoms with Crippen molar-refractivity contribution in [2.45, 2.75) is 19.8 Å². The third kappa shape index (κ3) is 2.45. The van der Waals surface area contributed by atoms with Crippen LogP contribution >= 0.6 is 0 Å². The van der Waals surface area contributed by atoms with E-state index in [0.717, 1.165) is 22.5 Å². The summed E-state index contributed by atoms with van der Waals surface area (Å²) in [6.07, 6.45) is 0. The lowest BCUT2D eigenvalue weighted by Gasteiger charge is -2.20. The summed E-state index contributed by atoms with van der Waals surface area (Å²) in [5.74, 6) is 1.76. The van der Waals surface area contributed by atoms with Crippen molar-refractivity contribution >= 4 is 11.0 Å². The third-order valence-corrected chi connectivity index (χ3v) is 3.99.